The molecule has 1 rings (SSSR count). The molecule has 2 atom stereocenters. The maximum atomic E-state index is 12.4. The van der Waals surface area contributed by atoms with E-state index in [1.54, 1.807) is 13.8 Å². The van der Waals surface area contributed by atoms with Crippen LogP contribution in [0.15, 0.2) is 29.2 Å². The Morgan fingerprint density at radius 2 is 1.89 bits per heavy atom. The number of nitro groups is 1. The van der Waals surface area contributed by atoms with Crippen molar-refractivity contribution >= 4 is 15.5 Å². The van der Waals surface area contributed by atoms with Crippen LogP contribution in [0.1, 0.15) is 20.8 Å². The number of nitrogens with one attached hydrogen (secondary N) is 1. The molecule has 0 bridgehead atoms. The van der Waals surface area contributed by atoms with Crippen LogP contribution in [0.2, 0.25) is 0 Å². The highest BCUT2D eigenvalue weighted by Gasteiger charge is 2.33. The van der Waals surface area contributed by atoms with Crippen molar-refractivity contribution in [2.45, 2.75) is 37.0 Å². The maximum absolute atomic E-state index is 12.4. The zero-order chi connectivity index (χ0) is 14.6. The highest BCUT2D eigenvalue weighted by molar-refractivity contribution is 7.92. The first-order valence-corrected chi connectivity index (χ1v) is 7.57. The van der Waals surface area contributed by atoms with Crippen molar-refractivity contribution in [3.63, 3.8) is 0 Å². The second-order valence-corrected chi connectivity index (χ2v) is 6.59. The van der Waals surface area contributed by atoms with Crippen molar-refractivity contribution in [1.29, 1.82) is 0 Å². The first-order chi connectivity index (χ1) is 8.82. The maximum Gasteiger partial charge on any atom is 0.287 e. The summed E-state index contributed by atoms with van der Waals surface area (Å²) in [6.07, 6.45) is 0. The molecular formula is C12H18N2O4S. The molecule has 7 heteroatoms. The highest BCUT2D eigenvalue weighted by atomic mass is 32.2. The smallest absolute Gasteiger partial charge is 0.287 e. The Balaban J connectivity index is 3.24. The summed E-state index contributed by atoms with van der Waals surface area (Å²) >= 11 is 0. The fourth-order valence-corrected chi connectivity index (χ4v) is 3.54. The van der Waals surface area contributed by atoms with E-state index in [2.05, 4.69) is 5.32 Å². The first-order valence-electron chi connectivity index (χ1n) is 6.03. The molecule has 1 aromatic rings. The van der Waals surface area contributed by atoms with Crippen LogP contribution in [0.25, 0.3) is 0 Å². The van der Waals surface area contributed by atoms with Gasteiger partial charge in [-0.3, -0.25) is 10.1 Å². The summed E-state index contributed by atoms with van der Waals surface area (Å²) < 4.78 is 24.9. The Labute approximate surface area is 112 Å². The van der Waals surface area contributed by atoms with Crippen molar-refractivity contribution in [2.75, 3.05) is 6.54 Å². The average molecular weight is 286 g/mol. The minimum absolute atomic E-state index is 0.225. The molecule has 6 nitrogen and oxygen atoms in total. The lowest BCUT2D eigenvalue weighted by Crippen LogP contribution is -2.40. The minimum atomic E-state index is -3.74. The van der Waals surface area contributed by atoms with Gasteiger partial charge in [0.2, 0.25) is 0 Å². The van der Waals surface area contributed by atoms with Gasteiger partial charge < -0.3 is 5.32 Å². The van der Waals surface area contributed by atoms with Gasteiger partial charge in [0.05, 0.1) is 10.2 Å². The van der Waals surface area contributed by atoms with E-state index in [9.17, 15) is 18.5 Å². The molecule has 0 saturated carbocycles. The molecule has 0 aliphatic rings. The number of hydrogen-bond acceptors (Lipinski definition) is 5. The molecule has 1 aromatic carbocycles. The third-order valence-corrected chi connectivity index (χ3v) is 5.43. The summed E-state index contributed by atoms with van der Waals surface area (Å²) in [6.45, 7) is 5.82. The van der Waals surface area contributed by atoms with Crippen molar-refractivity contribution in [3.05, 3.63) is 34.4 Å². The number of nitro benzene ring substituents is 1. The van der Waals surface area contributed by atoms with Gasteiger partial charge in [-0.1, -0.05) is 19.1 Å². The van der Waals surface area contributed by atoms with E-state index in [1.807, 2.05) is 6.92 Å². The zero-order valence-corrected chi connectivity index (χ0v) is 12.0. The van der Waals surface area contributed by atoms with Crippen molar-refractivity contribution in [1.82, 2.24) is 5.32 Å². The van der Waals surface area contributed by atoms with Crippen molar-refractivity contribution in [2.24, 2.45) is 0 Å². The molecular weight excluding hydrogens is 268 g/mol. The van der Waals surface area contributed by atoms with Gasteiger partial charge in [-0.2, -0.15) is 0 Å². The van der Waals surface area contributed by atoms with E-state index in [1.165, 1.54) is 24.3 Å². The van der Waals surface area contributed by atoms with E-state index in [4.69, 9.17) is 0 Å². The normalized spacial score (nSPS) is 14.9. The molecule has 0 saturated heterocycles. The number of para-hydroxylation sites is 1. The number of hydrogen-bond donors (Lipinski definition) is 1. The van der Waals surface area contributed by atoms with Gasteiger partial charge in [-0.15, -0.1) is 0 Å². The quantitative estimate of drug-likeness (QED) is 0.635. The lowest BCUT2D eigenvalue weighted by molar-refractivity contribution is -0.387. The second kappa shape index (κ2) is 6.12. The average Bonchev–Trinajstić information content (AvgIpc) is 2.38. The van der Waals surface area contributed by atoms with E-state index >= 15 is 0 Å². The van der Waals surface area contributed by atoms with Crippen LogP contribution in [0.3, 0.4) is 0 Å². The number of benzene rings is 1. The van der Waals surface area contributed by atoms with E-state index in [0.29, 0.717) is 6.54 Å². The Morgan fingerprint density at radius 1 is 1.32 bits per heavy atom. The predicted molar refractivity (Wildman–Crippen MR) is 72.9 cm³/mol. The largest absolute Gasteiger partial charge is 0.313 e. The number of rotatable bonds is 6. The Hall–Kier alpha value is -1.47. The van der Waals surface area contributed by atoms with Crippen molar-refractivity contribution in [3.8, 4) is 0 Å². The Kier molecular flexibility index (Phi) is 5.02. The lowest BCUT2D eigenvalue weighted by atomic mass is 10.2. The van der Waals surface area contributed by atoms with Gasteiger partial charge in [-0.25, -0.2) is 8.42 Å². The standard InChI is InChI=1S/C12H18N2O4S/c1-4-13-9(2)10(3)19(17,18)12-8-6-5-7-11(12)14(15)16/h5-10,13H,4H2,1-3H3. The van der Waals surface area contributed by atoms with Crippen LogP contribution in [0, 0.1) is 10.1 Å². The summed E-state index contributed by atoms with van der Waals surface area (Å²) in [6, 6.07) is 5.15. The second-order valence-electron chi connectivity index (χ2n) is 4.32. The van der Waals surface area contributed by atoms with Gasteiger partial charge in [-0.05, 0) is 26.5 Å². The first kappa shape index (κ1) is 15.6. The molecule has 0 aromatic heterocycles. The van der Waals surface area contributed by atoms with Crippen LogP contribution in [0.5, 0.6) is 0 Å². The Bertz CT molecular complexity index is 557. The molecule has 0 spiro atoms. The minimum Gasteiger partial charge on any atom is -0.313 e. The predicted octanol–water partition coefficient (Wildman–Crippen LogP) is 1.75. The van der Waals surface area contributed by atoms with Crippen LogP contribution < -0.4 is 5.32 Å². The fourth-order valence-electron chi connectivity index (χ4n) is 1.81. The SMILES string of the molecule is CCNC(C)C(C)S(=O)(=O)c1ccccc1[N+](=O)[O-]. The van der Waals surface area contributed by atoms with Crippen LogP contribution >= 0.6 is 0 Å². The molecule has 0 heterocycles. The molecule has 0 aliphatic heterocycles. The molecule has 0 radical (unpaired) electrons. The molecule has 19 heavy (non-hydrogen) atoms. The summed E-state index contributed by atoms with van der Waals surface area (Å²) in [4.78, 5) is 10.0. The van der Waals surface area contributed by atoms with E-state index in [0.717, 1.165) is 0 Å². The Morgan fingerprint density at radius 3 is 2.42 bits per heavy atom. The molecule has 0 fully saturated rings. The molecule has 0 amide bonds. The van der Waals surface area contributed by atoms with E-state index < -0.39 is 20.0 Å². The lowest BCUT2D eigenvalue weighted by Gasteiger charge is -2.20. The molecule has 0 aliphatic carbocycles. The molecule has 1 N–H and O–H groups in total. The third kappa shape index (κ3) is 3.30. The van der Waals surface area contributed by atoms with Gasteiger partial charge >= 0.3 is 0 Å². The van der Waals surface area contributed by atoms with Gasteiger partial charge in [0.15, 0.2) is 9.84 Å². The topological polar surface area (TPSA) is 89.3 Å². The fraction of sp³-hybridized carbons (Fsp3) is 0.500. The van der Waals surface area contributed by atoms with E-state index in [-0.39, 0.29) is 16.6 Å². The molecule has 106 valence electrons. The number of sulfone groups is 1. The summed E-state index contributed by atoms with van der Waals surface area (Å²) in [5.41, 5.74) is -0.377. The summed E-state index contributed by atoms with van der Waals surface area (Å²) in [7, 11) is -3.74. The summed E-state index contributed by atoms with van der Waals surface area (Å²) in [5, 5.41) is 13.2. The zero-order valence-electron chi connectivity index (χ0n) is 11.2. The highest BCUT2D eigenvalue weighted by Crippen LogP contribution is 2.27. The van der Waals surface area contributed by atoms with Gasteiger partial charge in [0.1, 0.15) is 4.90 Å². The molecule has 2 unspecified atom stereocenters. The van der Waals surface area contributed by atoms with Gasteiger partial charge in [0.25, 0.3) is 5.69 Å². The van der Waals surface area contributed by atoms with Crippen LogP contribution in [-0.2, 0) is 9.84 Å². The van der Waals surface area contributed by atoms with Crippen LogP contribution in [-0.4, -0.2) is 31.2 Å². The van der Waals surface area contributed by atoms with Crippen molar-refractivity contribution < 1.29 is 13.3 Å². The third-order valence-electron chi connectivity index (χ3n) is 3.09. The van der Waals surface area contributed by atoms with Gasteiger partial charge in [0, 0.05) is 12.1 Å². The number of nitrogens with zero attached hydrogens (tertiary/aromatic N) is 1. The van der Waals surface area contributed by atoms with Crippen LogP contribution in [0.4, 0.5) is 5.69 Å². The summed E-state index contributed by atoms with van der Waals surface area (Å²) in [5.74, 6) is 0. The monoisotopic (exact) mass is 286 g/mol.